The summed E-state index contributed by atoms with van der Waals surface area (Å²) < 4.78 is 5.41. The lowest BCUT2D eigenvalue weighted by Gasteiger charge is -2.36. The van der Waals surface area contributed by atoms with Crippen molar-refractivity contribution in [3.8, 4) is 5.75 Å². The Hall–Kier alpha value is -3.12. The molecule has 6 nitrogen and oxygen atoms in total. The van der Waals surface area contributed by atoms with Gasteiger partial charge in [-0.3, -0.25) is 14.5 Å². The van der Waals surface area contributed by atoms with Gasteiger partial charge in [-0.05, 0) is 18.1 Å². The second-order valence-electron chi connectivity index (χ2n) is 8.62. The van der Waals surface area contributed by atoms with Crippen molar-refractivity contribution in [3.05, 3.63) is 71.8 Å². The number of carbonyl (C=O) groups is 2. The zero-order valence-electron chi connectivity index (χ0n) is 20.5. The van der Waals surface area contributed by atoms with Gasteiger partial charge in [-0.25, -0.2) is 0 Å². The number of carbonyl (C=O) groups excluding carboxylic acids is 2. The average Bonchev–Trinajstić information content (AvgIpc) is 2.87. The molecule has 0 radical (unpaired) electrons. The van der Waals surface area contributed by atoms with E-state index in [4.69, 9.17) is 4.74 Å². The quantitative estimate of drug-likeness (QED) is 0.510. The molecule has 1 fully saturated rings. The van der Waals surface area contributed by atoms with Gasteiger partial charge in [0.25, 0.3) is 0 Å². The maximum absolute atomic E-state index is 12.7. The van der Waals surface area contributed by atoms with E-state index in [1.54, 1.807) is 7.11 Å². The number of benzene rings is 2. The summed E-state index contributed by atoms with van der Waals surface area (Å²) in [6, 6.07) is 17.8. The van der Waals surface area contributed by atoms with Gasteiger partial charge < -0.3 is 14.5 Å². The molecule has 0 atom stereocenters. The number of ether oxygens (including phenoxy) is 1. The highest BCUT2D eigenvalue weighted by Gasteiger charge is 2.22. The molecule has 6 heteroatoms. The lowest BCUT2D eigenvalue weighted by Crippen LogP contribution is -2.51. The highest BCUT2D eigenvalue weighted by molar-refractivity contribution is 5.79. The highest BCUT2D eigenvalue weighted by atomic mass is 16.5. The van der Waals surface area contributed by atoms with Crippen LogP contribution in [0.2, 0.25) is 0 Å². The molecule has 0 bridgehead atoms. The molecule has 2 amide bonds. The van der Waals surface area contributed by atoms with E-state index in [0.29, 0.717) is 25.9 Å². The van der Waals surface area contributed by atoms with Crippen molar-refractivity contribution in [2.24, 2.45) is 0 Å². The van der Waals surface area contributed by atoms with Crippen LogP contribution in [0.15, 0.2) is 60.7 Å². The molecule has 182 valence electrons. The van der Waals surface area contributed by atoms with Crippen LogP contribution in [0.25, 0.3) is 6.08 Å². The fraction of sp³-hybridized carbons (Fsp3) is 0.429. The highest BCUT2D eigenvalue weighted by Crippen LogP contribution is 2.18. The van der Waals surface area contributed by atoms with Gasteiger partial charge in [-0.15, -0.1) is 0 Å². The fourth-order valence-corrected chi connectivity index (χ4v) is 4.17. The van der Waals surface area contributed by atoms with Crippen LogP contribution < -0.4 is 4.74 Å². The normalized spacial score (nSPS) is 14.4. The van der Waals surface area contributed by atoms with E-state index in [-0.39, 0.29) is 11.8 Å². The average molecular weight is 464 g/mol. The Kier molecular flexibility index (Phi) is 10.2. The summed E-state index contributed by atoms with van der Waals surface area (Å²) >= 11 is 0. The molecule has 1 aliphatic heterocycles. The van der Waals surface area contributed by atoms with Gasteiger partial charge in [0.05, 0.1) is 13.5 Å². The molecule has 2 aromatic carbocycles. The first-order valence-corrected chi connectivity index (χ1v) is 12.2. The van der Waals surface area contributed by atoms with E-state index in [1.807, 2.05) is 83.5 Å². The van der Waals surface area contributed by atoms with Crippen LogP contribution in [-0.2, 0) is 16.0 Å². The van der Waals surface area contributed by atoms with Crippen molar-refractivity contribution in [3.63, 3.8) is 0 Å². The molecular formula is C28H37N3O3. The van der Waals surface area contributed by atoms with Crippen LogP contribution in [-0.4, -0.2) is 79.4 Å². The number of hydrogen-bond acceptors (Lipinski definition) is 4. The lowest BCUT2D eigenvalue weighted by molar-refractivity contribution is -0.132. The molecule has 3 rings (SSSR count). The molecule has 1 heterocycles. The van der Waals surface area contributed by atoms with Crippen molar-refractivity contribution >= 4 is 17.9 Å². The van der Waals surface area contributed by atoms with E-state index < -0.39 is 0 Å². The second-order valence-corrected chi connectivity index (χ2v) is 8.62. The molecular weight excluding hydrogens is 426 g/mol. The summed E-state index contributed by atoms with van der Waals surface area (Å²) in [5, 5.41) is 0. The summed E-state index contributed by atoms with van der Waals surface area (Å²) in [5.41, 5.74) is 2.06. The summed E-state index contributed by atoms with van der Waals surface area (Å²) in [6.45, 7) is 7.27. The van der Waals surface area contributed by atoms with Crippen LogP contribution in [0.3, 0.4) is 0 Å². The van der Waals surface area contributed by atoms with Crippen molar-refractivity contribution in [1.82, 2.24) is 14.7 Å². The number of para-hydroxylation sites is 1. The summed E-state index contributed by atoms with van der Waals surface area (Å²) in [7, 11) is 1.67. The molecule has 0 saturated carbocycles. The second kappa shape index (κ2) is 13.6. The SMILES string of the molecule is CCCC(=O)N(C/C=C/c1ccccc1OC)CCN1CCN(C(=O)Cc2ccccc2)CC1. The smallest absolute Gasteiger partial charge is 0.227 e. The molecule has 0 unspecified atom stereocenters. The number of rotatable bonds is 11. The van der Waals surface area contributed by atoms with Crippen molar-refractivity contribution in [2.75, 3.05) is 52.9 Å². The van der Waals surface area contributed by atoms with Gasteiger partial charge in [0.2, 0.25) is 11.8 Å². The van der Waals surface area contributed by atoms with E-state index >= 15 is 0 Å². The van der Waals surface area contributed by atoms with E-state index in [9.17, 15) is 9.59 Å². The first-order chi connectivity index (χ1) is 16.6. The zero-order chi connectivity index (χ0) is 24.2. The van der Waals surface area contributed by atoms with E-state index in [2.05, 4.69) is 4.90 Å². The predicted molar refractivity (Wildman–Crippen MR) is 137 cm³/mol. The minimum atomic E-state index is 0.184. The van der Waals surface area contributed by atoms with E-state index in [1.165, 1.54) is 0 Å². The third-order valence-corrected chi connectivity index (χ3v) is 6.19. The van der Waals surface area contributed by atoms with Gasteiger partial charge >= 0.3 is 0 Å². The van der Waals surface area contributed by atoms with Gasteiger partial charge in [-0.1, -0.05) is 67.6 Å². The van der Waals surface area contributed by atoms with Gasteiger partial charge in [0.15, 0.2) is 0 Å². The largest absolute Gasteiger partial charge is 0.496 e. The van der Waals surface area contributed by atoms with Gasteiger partial charge in [0.1, 0.15) is 5.75 Å². The van der Waals surface area contributed by atoms with Crippen LogP contribution in [0.1, 0.15) is 30.9 Å². The molecule has 0 N–H and O–H groups in total. The topological polar surface area (TPSA) is 53.1 Å². The Morgan fingerprint density at radius 3 is 2.41 bits per heavy atom. The molecule has 34 heavy (non-hydrogen) atoms. The lowest BCUT2D eigenvalue weighted by atomic mass is 10.1. The van der Waals surface area contributed by atoms with Gasteiger partial charge in [-0.2, -0.15) is 0 Å². The number of hydrogen-bond donors (Lipinski definition) is 0. The summed E-state index contributed by atoms with van der Waals surface area (Å²) in [4.78, 5) is 31.6. The summed E-state index contributed by atoms with van der Waals surface area (Å²) in [6.07, 6.45) is 5.91. The zero-order valence-corrected chi connectivity index (χ0v) is 20.5. The van der Waals surface area contributed by atoms with Crippen molar-refractivity contribution in [2.45, 2.75) is 26.2 Å². The number of piperazine rings is 1. The molecule has 1 saturated heterocycles. The van der Waals surface area contributed by atoms with E-state index in [0.717, 1.165) is 56.0 Å². The third-order valence-electron chi connectivity index (χ3n) is 6.19. The van der Waals surface area contributed by atoms with Crippen molar-refractivity contribution < 1.29 is 14.3 Å². The Balaban J connectivity index is 1.48. The molecule has 0 aromatic heterocycles. The van der Waals surface area contributed by atoms with Crippen LogP contribution in [0.4, 0.5) is 0 Å². The maximum atomic E-state index is 12.7. The summed E-state index contributed by atoms with van der Waals surface area (Å²) in [5.74, 6) is 1.20. The molecule has 2 aromatic rings. The van der Waals surface area contributed by atoms with Crippen LogP contribution in [0.5, 0.6) is 5.75 Å². The molecule has 0 spiro atoms. The predicted octanol–water partition coefficient (Wildman–Crippen LogP) is 3.72. The van der Waals surface area contributed by atoms with Crippen molar-refractivity contribution in [1.29, 1.82) is 0 Å². The first kappa shape index (κ1) is 25.5. The molecule has 1 aliphatic rings. The van der Waals surface area contributed by atoms with Crippen LogP contribution >= 0.6 is 0 Å². The molecule has 0 aliphatic carbocycles. The first-order valence-electron chi connectivity index (χ1n) is 12.2. The third kappa shape index (κ3) is 7.73. The maximum Gasteiger partial charge on any atom is 0.227 e. The fourth-order valence-electron chi connectivity index (χ4n) is 4.17. The Bertz CT molecular complexity index is 937. The number of amides is 2. The minimum absolute atomic E-state index is 0.184. The Labute approximate surface area is 203 Å². The number of methoxy groups -OCH3 is 1. The van der Waals surface area contributed by atoms with Gasteiger partial charge in [0, 0.05) is 57.8 Å². The van der Waals surface area contributed by atoms with Crippen LogP contribution in [0, 0.1) is 0 Å². The monoisotopic (exact) mass is 463 g/mol. The Morgan fingerprint density at radius 2 is 1.71 bits per heavy atom. The minimum Gasteiger partial charge on any atom is -0.496 e. The Morgan fingerprint density at radius 1 is 1.00 bits per heavy atom. The number of nitrogens with zero attached hydrogens (tertiary/aromatic N) is 3. The standard InChI is InChI=1S/C28H37N3O3/c1-3-10-27(32)30(16-9-14-25-13-7-8-15-26(25)34-2)20-17-29-18-21-31(22-19-29)28(33)23-24-11-5-4-6-12-24/h4-9,11-15H,3,10,16-23H2,1-2H3/b14-9+.